The third-order valence-electron chi connectivity index (χ3n) is 4.01. The Balaban J connectivity index is 1.84. The molecule has 1 atom stereocenters. The molecule has 0 saturated heterocycles. The normalized spacial score (nSPS) is 17.8. The predicted octanol–water partition coefficient (Wildman–Crippen LogP) is 3.71. The minimum absolute atomic E-state index is 0.705. The minimum Gasteiger partial charge on any atom is -0.384 e. The Hall–Kier alpha value is -1.02. The molecule has 1 aliphatic heterocycles. The number of hydrogen-bond acceptors (Lipinski definition) is 2. The highest BCUT2D eigenvalue weighted by molar-refractivity contribution is 5.57. The smallest absolute Gasteiger partial charge is 0.0376 e. The molecule has 0 aliphatic carbocycles. The minimum atomic E-state index is 0.705. The molecule has 2 nitrogen and oxygen atoms in total. The van der Waals surface area contributed by atoms with E-state index in [2.05, 4.69) is 48.3 Å². The molecular formula is C16H26N2. The first kappa shape index (κ1) is 13.4. The van der Waals surface area contributed by atoms with E-state index in [0.717, 1.165) is 6.54 Å². The molecule has 0 spiro atoms. The van der Waals surface area contributed by atoms with Crippen molar-refractivity contribution in [2.75, 3.05) is 31.5 Å². The fourth-order valence-corrected chi connectivity index (χ4v) is 2.76. The van der Waals surface area contributed by atoms with Crippen LogP contribution in [-0.2, 0) is 0 Å². The molecule has 0 radical (unpaired) electrons. The molecule has 0 saturated carbocycles. The van der Waals surface area contributed by atoms with Crippen LogP contribution in [0.25, 0.3) is 0 Å². The van der Waals surface area contributed by atoms with Gasteiger partial charge in [0.1, 0.15) is 0 Å². The maximum Gasteiger partial charge on any atom is 0.0376 e. The highest BCUT2D eigenvalue weighted by Crippen LogP contribution is 2.33. The van der Waals surface area contributed by atoms with Crippen molar-refractivity contribution in [2.24, 2.45) is 0 Å². The van der Waals surface area contributed by atoms with E-state index in [4.69, 9.17) is 0 Å². The number of fused-ring (bicyclic) bond motifs is 1. The first-order valence-corrected chi connectivity index (χ1v) is 7.40. The van der Waals surface area contributed by atoms with E-state index in [9.17, 15) is 0 Å². The van der Waals surface area contributed by atoms with Crippen molar-refractivity contribution in [3.63, 3.8) is 0 Å². The molecule has 0 amide bonds. The van der Waals surface area contributed by atoms with Gasteiger partial charge in [-0.1, -0.05) is 38.5 Å². The number of unbranched alkanes of at least 4 members (excludes halogenated alkanes) is 1. The molecule has 1 heterocycles. The standard InChI is InChI=1S/C16H26N2/c1-3-5-11-18(4-2)12-10-14-13-17-16-9-7-6-8-15(14)16/h6-9,14,17H,3-5,10-13H2,1-2H3. The molecule has 18 heavy (non-hydrogen) atoms. The Morgan fingerprint density at radius 2 is 2.06 bits per heavy atom. The molecule has 2 heteroatoms. The molecule has 1 unspecified atom stereocenters. The fraction of sp³-hybridized carbons (Fsp3) is 0.625. The van der Waals surface area contributed by atoms with E-state index in [1.165, 1.54) is 50.1 Å². The van der Waals surface area contributed by atoms with E-state index in [-0.39, 0.29) is 0 Å². The summed E-state index contributed by atoms with van der Waals surface area (Å²) in [6, 6.07) is 8.76. The van der Waals surface area contributed by atoms with Crippen LogP contribution in [0, 0.1) is 0 Å². The molecule has 1 N–H and O–H groups in total. The summed E-state index contributed by atoms with van der Waals surface area (Å²) in [5, 5.41) is 3.52. The lowest BCUT2D eigenvalue weighted by molar-refractivity contribution is 0.273. The number of nitrogens with zero attached hydrogens (tertiary/aromatic N) is 1. The summed E-state index contributed by atoms with van der Waals surface area (Å²) in [5.41, 5.74) is 2.86. The molecule has 0 bridgehead atoms. The van der Waals surface area contributed by atoms with Gasteiger partial charge in [-0.05, 0) is 44.1 Å². The highest BCUT2D eigenvalue weighted by Gasteiger charge is 2.21. The summed E-state index contributed by atoms with van der Waals surface area (Å²) in [7, 11) is 0. The number of hydrogen-bond donors (Lipinski definition) is 1. The average Bonchev–Trinajstić information content (AvgIpc) is 2.82. The summed E-state index contributed by atoms with van der Waals surface area (Å²) < 4.78 is 0. The van der Waals surface area contributed by atoms with Crippen molar-refractivity contribution >= 4 is 5.69 Å². The van der Waals surface area contributed by atoms with Crippen molar-refractivity contribution in [2.45, 2.75) is 39.0 Å². The van der Waals surface area contributed by atoms with Crippen LogP contribution < -0.4 is 5.32 Å². The van der Waals surface area contributed by atoms with Crippen LogP contribution >= 0.6 is 0 Å². The number of nitrogens with one attached hydrogen (secondary N) is 1. The van der Waals surface area contributed by atoms with E-state index in [1.54, 1.807) is 0 Å². The Bertz CT molecular complexity index is 362. The molecule has 1 aliphatic rings. The predicted molar refractivity (Wildman–Crippen MR) is 79.3 cm³/mol. The van der Waals surface area contributed by atoms with Gasteiger partial charge >= 0.3 is 0 Å². The zero-order valence-electron chi connectivity index (χ0n) is 11.8. The van der Waals surface area contributed by atoms with Crippen LogP contribution in [-0.4, -0.2) is 31.1 Å². The molecule has 0 fully saturated rings. The molecule has 1 aromatic carbocycles. The van der Waals surface area contributed by atoms with Crippen LogP contribution in [0.15, 0.2) is 24.3 Å². The second-order valence-electron chi connectivity index (χ2n) is 5.24. The van der Waals surface area contributed by atoms with Gasteiger partial charge in [0.15, 0.2) is 0 Å². The topological polar surface area (TPSA) is 15.3 Å². The van der Waals surface area contributed by atoms with Crippen molar-refractivity contribution in [3.05, 3.63) is 29.8 Å². The van der Waals surface area contributed by atoms with Crippen LogP contribution in [0.5, 0.6) is 0 Å². The number of benzene rings is 1. The molecule has 1 aromatic rings. The monoisotopic (exact) mass is 246 g/mol. The summed E-state index contributed by atoms with van der Waals surface area (Å²) in [6.45, 7) is 9.33. The zero-order chi connectivity index (χ0) is 12.8. The molecule has 2 rings (SSSR count). The van der Waals surface area contributed by atoms with Crippen molar-refractivity contribution in [3.8, 4) is 0 Å². The number of rotatable bonds is 7. The van der Waals surface area contributed by atoms with Gasteiger partial charge in [0.2, 0.25) is 0 Å². The second kappa shape index (κ2) is 6.79. The van der Waals surface area contributed by atoms with Gasteiger partial charge in [0.05, 0.1) is 0 Å². The van der Waals surface area contributed by atoms with E-state index < -0.39 is 0 Å². The Kier molecular flexibility index (Phi) is 5.06. The lowest BCUT2D eigenvalue weighted by Crippen LogP contribution is -2.27. The first-order valence-electron chi connectivity index (χ1n) is 7.40. The van der Waals surface area contributed by atoms with Gasteiger partial charge in [0, 0.05) is 18.2 Å². The maximum atomic E-state index is 3.52. The second-order valence-corrected chi connectivity index (χ2v) is 5.24. The fourth-order valence-electron chi connectivity index (χ4n) is 2.76. The largest absolute Gasteiger partial charge is 0.384 e. The third-order valence-corrected chi connectivity index (χ3v) is 4.01. The SMILES string of the molecule is CCCCN(CC)CCC1CNc2ccccc21. The van der Waals surface area contributed by atoms with Crippen molar-refractivity contribution in [1.82, 2.24) is 4.90 Å². The Morgan fingerprint density at radius 3 is 2.83 bits per heavy atom. The Labute approximate surface area is 111 Å². The van der Waals surface area contributed by atoms with Gasteiger partial charge in [0.25, 0.3) is 0 Å². The van der Waals surface area contributed by atoms with Crippen LogP contribution in [0.1, 0.15) is 44.6 Å². The van der Waals surface area contributed by atoms with Gasteiger partial charge in [-0.3, -0.25) is 0 Å². The van der Waals surface area contributed by atoms with E-state index >= 15 is 0 Å². The van der Waals surface area contributed by atoms with Gasteiger partial charge < -0.3 is 10.2 Å². The van der Waals surface area contributed by atoms with Gasteiger partial charge in [-0.2, -0.15) is 0 Å². The lowest BCUT2D eigenvalue weighted by Gasteiger charge is -2.22. The number of para-hydroxylation sites is 1. The Morgan fingerprint density at radius 1 is 1.22 bits per heavy atom. The quantitative estimate of drug-likeness (QED) is 0.789. The molecule has 100 valence electrons. The summed E-state index contributed by atoms with van der Waals surface area (Å²) >= 11 is 0. The maximum absolute atomic E-state index is 3.52. The van der Waals surface area contributed by atoms with E-state index in [0.29, 0.717) is 5.92 Å². The van der Waals surface area contributed by atoms with Crippen LogP contribution in [0.2, 0.25) is 0 Å². The van der Waals surface area contributed by atoms with Gasteiger partial charge in [-0.25, -0.2) is 0 Å². The van der Waals surface area contributed by atoms with Gasteiger partial charge in [-0.15, -0.1) is 0 Å². The van der Waals surface area contributed by atoms with Crippen molar-refractivity contribution < 1.29 is 0 Å². The zero-order valence-corrected chi connectivity index (χ0v) is 11.8. The highest BCUT2D eigenvalue weighted by atomic mass is 15.1. The van der Waals surface area contributed by atoms with Crippen LogP contribution in [0.4, 0.5) is 5.69 Å². The molecular weight excluding hydrogens is 220 g/mol. The first-order chi connectivity index (χ1) is 8.85. The van der Waals surface area contributed by atoms with Crippen LogP contribution in [0.3, 0.4) is 0 Å². The lowest BCUT2D eigenvalue weighted by atomic mass is 9.98. The van der Waals surface area contributed by atoms with Crippen molar-refractivity contribution in [1.29, 1.82) is 0 Å². The average molecular weight is 246 g/mol. The summed E-state index contributed by atoms with van der Waals surface area (Å²) in [6.07, 6.45) is 3.90. The molecule has 0 aromatic heterocycles. The summed E-state index contributed by atoms with van der Waals surface area (Å²) in [5.74, 6) is 0.705. The summed E-state index contributed by atoms with van der Waals surface area (Å²) in [4.78, 5) is 2.59. The van der Waals surface area contributed by atoms with E-state index in [1.807, 2.05) is 0 Å². The third kappa shape index (κ3) is 3.26. The number of anilines is 1.